The maximum absolute atomic E-state index is 12.3. The van der Waals surface area contributed by atoms with E-state index in [4.69, 9.17) is 9.84 Å². The smallest absolute Gasteiger partial charge is 0.328 e. The van der Waals surface area contributed by atoms with Crippen LogP contribution < -0.4 is 10.1 Å². The number of carboxylic acid groups (broad SMARTS) is 1. The van der Waals surface area contributed by atoms with Crippen LogP contribution in [0.4, 0.5) is 0 Å². The average molecular weight is 289 g/mol. The zero-order valence-corrected chi connectivity index (χ0v) is 12.2. The molecule has 112 valence electrons. The Labute approximate surface area is 123 Å². The summed E-state index contributed by atoms with van der Waals surface area (Å²) in [5, 5.41) is 11.7. The Morgan fingerprint density at radius 1 is 1.38 bits per heavy atom. The van der Waals surface area contributed by atoms with E-state index >= 15 is 0 Å². The monoisotopic (exact) mass is 289 g/mol. The number of aliphatic carboxylic acids is 1. The van der Waals surface area contributed by atoms with Crippen molar-refractivity contribution < 1.29 is 19.4 Å². The molecule has 0 aromatic heterocycles. The summed E-state index contributed by atoms with van der Waals surface area (Å²) >= 11 is 0. The van der Waals surface area contributed by atoms with Gasteiger partial charge in [0.05, 0.1) is 7.11 Å². The third-order valence-electron chi connectivity index (χ3n) is 3.77. The fourth-order valence-corrected chi connectivity index (χ4v) is 2.35. The van der Waals surface area contributed by atoms with Crippen LogP contribution in [-0.2, 0) is 4.79 Å². The van der Waals surface area contributed by atoms with Gasteiger partial charge in [0.15, 0.2) is 0 Å². The third kappa shape index (κ3) is 3.62. The molecule has 1 aromatic rings. The van der Waals surface area contributed by atoms with Crippen molar-refractivity contribution in [3.8, 4) is 5.75 Å². The summed E-state index contributed by atoms with van der Waals surface area (Å²) in [6.07, 6.45) is 5.54. The number of carbonyl (C=O) groups excluding carboxylic acids is 1. The second-order valence-electron chi connectivity index (χ2n) is 5.50. The summed E-state index contributed by atoms with van der Waals surface area (Å²) < 4.78 is 5.17. The molecule has 2 N–H and O–H groups in total. The summed E-state index contributed by atoms with van der Waals surface area (Å²) in [5.41, 5.74) is 0.939. The summed E-state index contributed by atoms with van der Waals surface area (Å²) in [6.45, 7) is 2.03. The van der Waals surface area contributed by atoms with Gasteiger partial charge in [0.2, 0.25) is 0 Å². The number of ether oxygens (including phenoxy) is 1. The number of hydrogen-bond acceptors (Lipinski definition) is 3. The quantitative estimate of drug-likeness (QED) is 0.816. The molecule has 1 amide bonds. The first kappa shape index (κ1) is 15.1. The third-order valence-corrected chi connectivity index (χ3v) is 3.77. The van der Waals surface area contributed by atoms with Gasteiger partial charge in [-0.15, -0.1) is 0 Å². The van der Waals surface area contributed by atoms with Crippen molar-refractivity contribution in [3.05, 3.63) is 35.4 Å². The van der Waals surface area contributed by atoms with Crippen LogP contribution in [0.5, 0.6) is 5.75 Å². The molecule has 5 heteroatoms. The molecule has 1 saturated carbocycles. The highest BCUT2D eigenvalue weighted by Crippen LogP contribution is 2.31. The summed E-state index contributed by atoms with van der Waals surface area (Å²) in [7, 11) is 1.50. The minimum atomic E-state index is -1.05. The van der Waals surface area contributed by atoms with Gasteiger partial charge >= 0.3 is 5.97 Å². The van der Waals surface area contributed by atoms with Crippen LogP contribution in [0.3, 0.4) is 0 Å². The van der Waals surface area contributed by atoms with E-state index in [2.05, 4.69) is 5.32 Å². The van der Waals surface area contributed by atoms with Gasteiger partial charge in [-0.1, -0.05) is 0 Å². The topological polar surface area (TPSA) is 75.6 Å². The van der Waals surface area contributed by atoms with Crippen LogP contribution in [0.2, 0.25) is 0 Å². The molecule has 0 aliphatic heterocycles. The average Bonchev–Trinajstić information content (AvgIpc) is 2.42. The highest BCUT2D eigenvalue weighted by Gasteiger charge is 2.33. The van der Waals surface area contributed by atoms with E-state index in [-0.39, 0.29) is 11.4 Å². The summed E-state index contributed by atoms with van der Waals surface area (Å²) in [4.78, 5) is 22.9. The Kier molecular flexibility index (Phi) is 4.31. The molecule has 1 aromatic carbocycles. The second-order valence-corrected chi connectivity index (χ2v) is 5.50. The minimum Gasteiger partial charge on any atom is -0.496 e. The fourth-order valence-electron chi connectivity index (χ4n) is 2.35. The number of benzene rings is 1. The largest absolute Gasteiger partial charge is 0.496 e. The zero-order valence-electron chi connectivity index (χ0n) is 12.2. The highest BCUT2D eigenvalue weighted by molar-refractivity contribution is 5.96. The number of rotatable bonds is 5. The van der Waals surface area contributed by atoms with Gasteiger partial charge in [0, 0.05) is 22.7 Å². The summed E-state index contributed by atoms with van der Waals surface area (Å²) in [5.74, 6) is -0.669. The van der Waals surface area contributed by atoms with Crippen molar-refractivity contribution in [3.63, 3.8) is 0 Å². The van der Waals surface area contributed by atoms with Crippen LogP contribution in [-0.4, -0.2) is 29.6 Å². The van der Waals surface area contributed by atoms with Gasteiger partial charge in [-0.25, -0.2) is 4.79 Å². The maximum Gasteiger partial charge on any atom is 0.328 e. The standard InChI is InChI=1S/C16H19NO4/c1-16(8-3-9-16)17-15(20)12-4-6-13(21-2)11(10-12)5-7-14(18)19/h4-7,10H,3,8-9H2,1-2H3,(H,17,20)(H,18,19)/b7-5+. The van der Waals surface area contributed by atoms with E-state index in [9.17, 15) is 9.59 Å². The van der Waals surface area contributed by atoms with E-state index in [1.807, 2.05) is 6.92 Å². The lowest BCUT2D eigenvalue weighted by Crippen LogP contribution is -2.50. The molecule has 21 heavy (non-hydrogen) atoms. The van der Waals surface area contributed by atoms with Gasteiger partial charge in [0.25, 0.3) is 5.91 Å². The highest BCUT2D eigenvalue weighted by atomic mass is 16.5. The van der Waals surface area contributed by atoms with Crippen LogP contribution in [0.1, 0.15) is 42.1 Å². The Morgan fingerprint density at radius 2 is 2.10 bits per heavy atom. The van der Waals surface area contributed by atoms with E-state index in [1.54, 1.807) is 18.2 Å². The molecule has 0 atom stereocenters. The zero-order chi connectivity index (χ0) is 15.5. The van der Waals surface area contributed by atoms with Crippen LogP contribution in [0, 0.1) is 0 Å². The lowest BCUT2D eigenvalue weighted by atomic mass is 9.78. The van der Waals surface area contributed by atoms with Crippen molar-refractivity contribution >= 4 is 18.0 Å². The van der Waals surface area contributed by atoms with Crippen molar-refractivity contribution in [2.24, 2.45) is 0 Å². The van der Waals surface area contributed by atoms with Crippen molar-refractivity contribution in [2.45, 2.75) is 31.7 Å². The predicted octanol–water partition coefficient (Wildman–Crippen LogP) is 2.47. The molecule has 2 rings (SSSR count). The number of carbonyl (C=O) groups is 2. The summed E-state index contributed by atoms with van der Waals surface area (Å²) in [6, 6.07) is 4.98. The van der Waals surface area contributed by atoms with Gasteiger partial charge in [0.1, 0.15) is 5.75 Å². The number of amides is 1. The molecule has 0 heterocycles. The Balaban J connectivity index is 2.22. The molecule has 0 spiro atoms. The lowest BCUT2D eigenvalue weighted by molar-refractivity contribution is -0.131. The van der Waals surface area contributed by atoms with Gasteiger partial charge in [-0.3, -0.25) is 4.79 Å². The second kappa shape index (κ2) is 5.99. The number of methoxy groups -OCH3 is 1. The molecular weight excluding hydrogens is 270 g/mol. The Hall–Kier alpha value is -2.30. The minimum absolute atomic E-state index is 0.117. The molecule has 1 fully saturated rings. The van der Waals surface area contributed by atoms with E-state index in [0.29, 0.717) is 16.9 Å². The fraction of sp³-hybridized carbons (Fsp3) is 0.375. The van der Waals surface area contributed by atoms with Gasteiger partial charge in [-0.2, -0.15) is 0 Å². The maximum atomic E-state index is 12.3. The Bertz CT molecular complexity index is 588. The van der Waals surface area contributed by atoms with E-state index < -0.39 is 5.97 Å². The van der Waals surface area contributed by atoms with Crippen molar-refractivity contribution in [1.82, 2.24) is 5.32 Å². The number of carboxylic acids is 1. The van der Waals surface area contributed by atoms with E-state index in [0.717, 1.165) is 25.3 Å². The Morgan fingerprint density at radius 3 is 2.62 bits per heavy atom. The first-order chi connectivity index (χ1) is 9.93. The first-order valence-electron chi connectivity index (χ1n) is 6.85. The number of hydrogen-bond donors (Lipinski definition) is 2. The van der Waals surface area contributed by atoms with Crippen LogP contribution >= 0.6 is 0 Å². The normalized spacial score (nSPS) is 16.3. The van der Waals surface area contributed by atoms with Gasteiger partial charge < -0.3 is 15.2 Å². The first-order valence-corrected chi connectivity index (χ1v) is 6.85. The van der Waals surface area contributed by atoms with Crippen molar-refractivity contribution in [1.29, 1.82) is 0 Å². The molecular formula is C16H19NO4. The van der Waals surface area contributed by atoms with Gasteiger partial charge in [-0.05, 0) is 50.5 Å². The lowest BCUT2D eigenvalue weighted by Gasteiger charge is -2.39. The molecule has 0 radical (unpaired) electrons. The molecule has 5 nitrogen and oxygen atoms in total. The molecule has 0 unspecified atom stereocenters. The van der Waals surface area contributed by atoms with E-state index in [1.165, 1.54) is 13.2 Å². The molecule has 0 bridgehead atoms. The molecule has 0 saturated heterocycles. The van der Waals surface area contributed by atoms with Crippen LogP contribution in [0.25, 0.3) is 6.08 Å². The van der Waals surface area contributed by atoms with Crippen LogP contribution in [0.15, 0.2) is 24.3 Å². The SMILES string of the molecule is COc1ccc(C(=O)NC2(C)CCC2)cc1/C=C/C(=O)O. The molecule has 1 aliphatic rings. The molecule has 1 aliphatic carbocycles. The number of nitrogens with one attached hydrogen (secondary N) is 1. The predicted molar refractivity (Wildman–Crippen MR) is 79.4 cm³/mol. The van der Waals surface area contributed by atoms with Crippen molar-refractivity contribution in [2.75, 3.05) is 7.11 Å².